The maximum atomic E-state index is 14.6. The van der Waals surface area contributed by atoms with Gasteiger partial charge in [0, 0.05) is 17.3 Å². The molecule has 0 aliphatic heterocycles. The van der Waals surface area contributed by atoms with Crippen LogP contribution in [0.1, 0.15) is 97.4 Å². The van der Waals surface area contributed by atoms with Crippen molar-refractivity contribution in [3.63, 3.8) is 0 Å². The molecule has 7 nitrogen and oxygen atoms in total. The van der Waals surface area contributed by atoms with Crippen LogP contribution in [0.15, 0.2) is 48.5 Å². The van der Waals surface area contributed by atoms with Crippen molar-refractivity contribution in [1.82, 2.24) is 10.2 Å². The molecule has 0 fully saturated rings. The fraction of sp³-hybridized carbons (Fsp3) is 0.514. The predicted octanol–water partition coefficient (Wildman–Crippen LogP) is 7.25. The number of nitrogens with zero attached hydrogens (tertiary/aromatic N) is 1. The number of para-hydroxylation sites is 1. The number of anilines is 1. The van der Waals surface area contributed by atoms with E-state index in [4.69, 9.17) is 11.2 Å². The first kappa shape index (κ1) is 34.4. The fourth-order valence-electron chi connectivity index (χ4n) is 4.75. The molecule has 3 unspecified atom stereocenters. The van der Waals surface area contributed by atoms with Gasteiger partial charge >= 0.3 is 6.09 Å². The highest BCUT2D eigenvalue weighted by Gasteiger charge is 2.39. The lowest BCUT2D eigenvalue weighted by Gasteiger charge is -2.39. The van der Waals surface area contributed by atoms with Crippen molar-refractivity contribution in [2.45, 2.75) is 105 Å². The molecule has 2 aromatic carbocycles. The van der Waals surface area contributed by atoms with Crippen molar-refractivity contribution in [1.29, 1.82) is 0 Å². The third-order valence-corrected chi connectivity index (χ3v) is 6.91. The standard InChI is InChI=1S/C35H49N3O4/c1-11-27-18-20-28(21-19-27)31(32(39)36-29-15-13-12-14-25(29)6)38(26(7)17-16-23(2)3)33(40)30(22-24(4)5)37-34(41)42-35(8,9)10/h1,12-15,18-21,23-24,26,30-31H,16-17,22H2,2-10H3,(H,36,39)(H,37,41). The van der Waals surface area contributed by atoms with E-state index in [0.29, 0.717) is 35.6 Å². The van der Waals surface area contributed by atoms with Gasteiger partial charge in [0.15, 0.2) is 0 Å². The summed E-state index contributed by atoms with van der Waals surface area (Å²) in [5.41, 5.74) is 2.15. The molecule has 0 radical (unpaired) electrons. The van der Waals surface area contributed by atoms with Crippen molar-refractivity contribution in [3.05, 3.63) is 65.2 Å². The number of carbonyl (C=O) groups excluding carboxylic acids is 3. The topological polar surface area (TPSA) is 87.7 Å². The van der Waals surface area contributed by atoms with Crippen LogP contribution in [-0.2, 0) is 14.3 Å². The molecular weight excluding hydrogens is 526 g/mol. The number of nitrogens with one attached hydrogen (secondary N) is 2. The molecule has 2 N–H and O–H groups in total. The number of ether oxygens (including phenoxy) is 1. The smallest absolute Gasteiger partial charge is 0.408 e. The number of alkyl carbamates (subject to hydrolysis) is 1. The van der Waals surface area contributed by atoms with Crippen LogP contribution in [-0.4, -0.2) is 40.5 Å². The molecule has 2 rings (SSSR count). The van der Waals surface area contributed by atoms with Gasteiger partial charge in [-0.3, -0.25) is 9.59 Å². The third-order valence-electron chi connectivity index (χ3n) is 6.91. The summed E-state index contributed by atoms with van der Waals surface area (Å²) < 4.78 is 5.51. The van der Waals surface area contributed by atoms with E-state index in [1.165, 1.54) is 0 Å². The highest BCUT2D eigenvalue weighted by Crippen LogP contribution is 2.30. The van der Waals surface area contributed by atoms with E-state index in [9.17, 15) is 14.4 Å². The highest BCUT2D eigenvalue weighted by atomic mass is 16.6. The van der Waals surface area contributed by atoms with Gasteiger partial charge in [0.1, 0.15) is 17.7 Å². The Morgan fingerprint density at radius 2 is 1.55 bits per heavy atom. The first-order chi connectivity index (χ1) is 19.6. The Labute approximate surface area is 252 Å². The first-order valence-corrected chi connectivity index (χ1v) is 14.9. The zero-order valence-electron chi connectivity index (χ0n) is 26.8. The Hall–Kier alpha value is -3.79. The number of terminal acetylenes is 1. The number of rotatable bonds is 12. The van der Waals surface area contributed by atoms with E-state index in [1.54, 1.807) is 49.9 Å². The number of benzene rings is 2. The van der Waals surface area contributed by atoms with E-state index in [1.807, 2.05) is 52.0 Å². The Morgan fingerprint density at radius 3 is 2.07 bits per heavy atom. The zero-order chi connectivity index (χ0) is 31.6. The molecule has 0 bridgehead atoms. The maximum Gasteiger partial charge on any atom is 0.408 e. The summed E-state index contributed by atoms with van der Waals surface area (Å²) in [5, 5.41) is 5.88. The summed E-state index contributed by atoms with van der Waals surface area (Å²) in [6, 6.07) is 12.5. The van der Waals surface area contributed by atoms with Gasteiger partial charge in [0.05, 0.1) is 0 Å². The lowest BCUT2D eigenvalue weighted by Crippen LogP contribution is -2.55. The number of hydrogen-bond donors (Lipinski definition) is 2. The summed E-state index contributed by atoms with van der Waals surface area (Å²) in [6.07, 6.45) is 6.86. The summed E-state index contributed by atoms with van der Waals surface area (Å²) in [7, 11) is 0. The van der Waals surface area contributed by atoms with Crippen LogP contribution in [0.3, 0.4) is 0 Å². The van der Waals surface area contributed by atoms with Crippen LogP contribution in [0.2, 0.25) is 0 Å². The second kappa shape index (κ2) is 15.4. The molecule has 0 saturated carbocycles. The van der Waals surface area contributed by atoms with Gasteiger partial charge in [-0.1, -0.05) is 63.9 Å². The molecule has 0 heterocycles. The Kier molecular flexibility index (Phi) is 12.7. The average Bonchev–Trinajstić information content (AvgIpc) is 2.89. The van der Waals surface area contributed by atoms with Crippen LogP contribution >= 0.6 is 0 Å². The van der Waals surface area contributed by atoms with Crippen molar-refractivity contribution < 1.29 is 19.1 Å². The number of aryl methyl sites for hydroxylation is 1. The van der Waals surface area contributed by atoms with Gasteiger partial charge in [-0.05, 0) is 95.0 Å². The quantitative estimate of drug-likeness (QED) is 0.261. The van der Waals surface area contributed by atoms with E-state index in [2.05, 4.69) is 30.4 Å². The van der Waals surface area contributed by atoms with Gasteiger partial charge in [-0.25, -0.2) is 4.79 Å². The highest BCUT2D eigenvalue weighted by molar-refractivity contribution is 5.99. The molecule has 3 amide bonds. The lowest BCUT2D eigenvalue weighted by molar-refractivity contribution is -0.144. The van der Waals surface area contributed by atoms with E-state index >= 15 is 0 Å². The second-order valence-electron chi connectivity index (χ2n) is 12.9. The van der Waals surface area contributed by atoms with Gasteiger partial charge in [0.25, 0.3) is 5.91 Å². The van der Waals surface area contributed by atoms with Crippen LogP contribution in [0.25, 0.3) is 0 Å². The Balaban J connectivity index is 2.66. The summed E-state index contributed by atoms with van der Waals surface area (Å²) >= 11 is 0. The molecule has 0 spiro atoms. The number of hydrogen-bond acceptors (Lipinski definition) is 4. The Bertz CT molecular complexity index is 1240. The van der Waals surface area contributed by atoms with Crippen LogP contribution in [0.4, 0.5) is 10.5 Å². The molecule has 228 valence electrons. The molecule has 3 atom stereocenters. The van der Waals surface area contributed by atoms with Gasteiger partial charge in [-0.2, -0.15) is 0 Å². The van der Waals surface area contributed by atoms with Crippen molar-refractivity contribution in [3.8, 4) is 12.3 Å². The number of carbonyl (C=O) groups is 3. The predicted molar refractivity (Wildman–Crippen MR) is 170 cm³/mol. The van der Waals surface area contributed by atoms with Crippen molar-refractivity contribution in [2.24, 2.45) is 11.8 Å². The SMILES string of the molecule is C#Cc1ccc(C(C(=O)Nc2ccccc2C)N(C(=O)C(CC(C)C)NC(=O)OC(C)(C)C)C(C)CCC(C)C)cc1. The minimum absolute atomic E-state index is 0.0934. The minimum Gasteiger partial charge on any atom is -0.444 e. The van der Waals surface area contributed by atoms with Gasteiger partial charge in [-0.15, -0.1) is 6.42 Å². The first-order valence-electron chi connectivity index (χ1n) is 14.9. The third kappa shape index (κ3) is 10.6. The van der Waals surface area contributed by atoms with Gasteiger partial charge in [0.2, 0.25) is 5.91 Å². The van der Waals surface area contributed by atoms with Crippen LogP contribution in [0, 0.1) is 31.1 Å². The molecule has 7 heteroatoms. The fourth-order valence-corrected chi connectivity index (χ4v) is 4.75. The molecule has 0 aromatic heterocycles. The molecule has 0 saturated heterocycles. The molecular formula is C35H49N3O4. The second-order valence-corrected chi connectivity index (χ2v) is 12.9. The maximum absolute atomic E-state index is 14.6. The normalized spacial score (nSPS) is 13.6. The molecule has 42 heavy (non-hydrogen) atoms. The summed E-state index contributed by atoms with van der Waals surface area (Å²) in [5.74, 6) is 2.43. The minimum atomic E-state index is -0.971. The van der Waals surface area contributed by atoms with Crippen molar-refractivity contribution in [2.75, 3.05) is 5.32 Å². The van der Waals surface area contributed by atoms with E-state index in [-0.39, 0.29) is 23.8 Å². The molecule has 2 aromatic rings. The van der Waals surface area contributed by atoms with E-state index in [0.717, 1.165) is 12.0 Å². The monoisotopic (exact) mass is 575 g/mol. The van der Waals surface area contributed by atoms with Gasteiger partial charge < -0.3 is 20.3 Å². The molecule has 0 aliphatic carbocycles. The Morgan fingerprint density at radius 1 is 0.929 bits per heavy atom. The van der Waals surface area contributed by atoms with E-state index < -0.39 is 23.8 Å². The molecule has 0 aliphatic rings. The van der Waals surface area contributed by atoms with Crippen molar-refractivity contribution >= 4 is 23.6 Å². The van der Waals surface area contributed by atoms with Crippen LogP contribution < -0.4 is 10.6 Å². The summed E-state index contributed by atoms with van der Waals surface area (Å²) in [6.45, 7) is 17.5. The number of amides is 3. The largest absolute Gasteiger partial charge is 0.444 e. The average molecular weight is 576 g/mol. The van der Waals surface area contributed by atoms with Crippen LogP contribution in [0.5, 0.6) is 0 Å². The lowest BCUT2D eigenvalue weighted by atomic mass is 9.95. The zero-order valence-corrected chi connectivity index (χ0v) is 26.8. The summed E-state index contributed by atoms with van der Waals surface area (Å²) in [4.78, 5) is 43.3.